The molecule has 0 saturated heterocycles. The summed E-state index contributed by atoms with van der Waals surface area (Å²) in [5.74, 6) is 2.52. The minimum Gasteiger partial charge on any atom is -0.0654 e. The van der Waals surface area contributed by atoms with Crippen molar-refractivity contribution in [2.24, 2.45) is 39.4 Å². The van der Waals surface area contributed by atoms with Gasteiger partial charge in [0.15, 0.2) is 0 Å². The van der Waals surface area contributed by atoms with Gasteiger partial charge in [0.2, 0.25) is 0 Å². The molecule has 0 aromatic carbocycles. The molecule has 0 N–H and O–H groups in total. The van der Waals surface area contributed by atoms with Crippen LogP contribution in [0.25, 0.3) is 0 Å². The second-order valence-corrected chi connectivity index (χ2v) is 9.98. The standard InChI is InChI=1S/C22H42/c1-10-12-18(7)21(13-11-2)19(8,14-16(3)4)22(17(5)6)15-20(21,22)9/h16-18H,10-15H2,1-9H3. The molecule has 0 heteroatoms. The Morgan fingerprint density at radius 1 is 0.909 bits per heavy atom. The lowest BCUT2D eigenvalue weighted by Gasteiger charge is -2.72. The van der Waals surface area contributed by atoms with E-state index in [2.05, 4.69) is 62.3 Å². The fourth-order valence-corrected chi connectivity index (χ4v) is 8.44. The normalized spacial score (nSPS) is 44.9. The average molecular weight is 307 g/mol. The van der Waals surface area contributed by atoms with Crippen LogP contribution in [-0.2, 0) is 0 Å². The molecule has 2 aliphatic carbocycles. The SMILES string of the molecule is CCCC(C)C1(CCC)C(C)(CC(C)C)C2(C(C)C)CC21C. The van der Waals surface area contributed by atoms with Crippen LogP contribution in [0.1, 0.15) is 101 Å². The van der Waals surface area contributed by atoms with E-state index in [4.69, 9.17) is 0 Å². The van der Waals surface area contributed by atoms with Gasteiger partial charge in [-0.15, -0.1) is 0 Å². The Morgan fingerprint density at radius 3 is 1.91 bits per heavy atom. The van der Waals surface area contributed by atoms with Gasteiger partial charge >= 0.3 is 0 Å². The zero-order valence-corrected chi connectivity index (χ0v) is 17.0. The molecule has 2 aliphatic rings. The van der Waals surface area contributed by atoms with Crippen LogP contribution < -0.4 is 0 Å². The van der Waals surface area contributed by atoms with Crippen molar-refractivity contribution in [1.82, 2.24) is 0 Å². The molecule has 0 nitrogen and oxygen atoms in total. The minimum absolute atomic E-state index is 0.543. The van der Waals surface area contributed by atoms with Crippen molar-refractivity contribution in [2.75, 3.05) is 0 Å². The second kappa shape index (κ2) is 5.52. The fourth-order valence-electron chi connectivity index (χ4n) is 8.44. The van der Waals surface area contributed by atoms with Crippen LogP contribution in [0.5, 0.6) is 0 Å². The summed E-state index contributed by atoms with van der Waals surface area (Å²) in [6, 6.07) is 0. The van der Waals surface area contributed by atoms with Gasteiger partial charge in [-0.3, -0.25) is 0 Å². The van der Waals surface area contributed by atoms with Crippen LogP contribution in [0, 0.1) is 39.4 Å². The highest BCUT2D eigenvalue weighted by Crippen LogP contribution is 2.98. The van der Waals surface area contributed by atoms with Gasteiger partial charge in [0.05, 0.1) is 0 Å². The molecule has 0 aliphatic heterocycles. The predicted octanol–water partition coefficient (Wildman–Crippen LogP) is 7.33. The molecule has 0 spiro atoms. The lowest BCUT2D eigenvalue weighted by molar-refractivity contribution is -0.251. The van der Waals surface area contributed by atoms with Crippen molar-refractivity contribution in [1.29, 1.82) is 0 Å². The highest BCUT2D eigenvalue weighted by Gasteiger charge is 2.92. The molecule has 0 aromatic rings. The summed E-state index contributed by atoms with van der Waals surface area (Å²) in [5, 5.41) is 0. The second-order valence-electron chi connectivity index (χ2n) is 9.98. The van der Waals surface area contributed by atoms with Crippen molar-refractivity contribution in [3.63, 3.8) is 0 Å². The first-order chi connectivity index (χ1) is 10.1. The molecule has 2 saturated carbocycles. The molecular formula is C22H42. The van der Waals surface area contributed by atoms with E-state index in [1.807, 2.05) is 0 Å². The van der Waals surface area contributed by atoms with E-state index in [0.717, 1.165) is 17.8 Å². The maximum Gasteiger partial charge on any atom is -0.0150 e. The Bertz CT molecular complexity index is 408. The van der Waals surface area contributed by atoms with Gasteiger partial charge in [0.25, 0.3) is 0 Å². The van der Waals surface area contributed by atoms with E-state index in [1.165, 1.54) is 38.5 Å². The number of hydrogen-bond acceptors (Lipinski definition) is 0. The summed E-state index contributed by atoms with van der Waals surface area (Å²) in [6.07, 6.45) is 8.48. The van der Waals surface area contributed by atoms with E-state index in [-0.39, 0.29) is 0 Å². The summed E-state index contributed by atoms with van der Waals surface area (Å²) in [4.78, 5) is 0. The van der Waals surface area contributed by atoms with E-state index < -0.39 is 0 Å². The topological polar surface area (TPSA) is 0 Å². The summed E-state index contributed by atoms with van der Waals surface area (Å²) < 4.78 is 0. The van der Waals surface area contributed by atoms with Crippen molar-refractivity contribution in [3.05, 3.63) is 0 Å². The highest BCUT2D eigenvalue weighted by atomic mass is 15.0. The van der Waals surface area contributed by atoms with Gasteiger partial charge in [0, 0.05) is 0 Å². The van der Waals surface area contributed by atoms with Crippen LogP contribution in [0.3, 0.4) is 0 Å². The Kier molecular flexibility index (Phi) is 4.60. The van der Waals surface area contributed by atoms with Gasteiger partial charge in [-0.2, -0.15) is 0 Å². The molecule has 0 aromatic heterocycles. The third-order valence-corrected chi connectivity index (χ3v) is 8.46. The van der Waals surface area contributed by atoms with Crippen LogP contribution >= 0.6 is 0 Å². The van der Waals surface area contributed by atoms with Gasteiger partial charge in [0.1, 0.15) is 0 Å². The lowest BCUT2D eigenvalue weighted by atomic mass is 9.32. The molecular weight excluding hydrogens is 264 g/mol. The smallest absolute Gasteiger partial charge is 0.0150 e. The lowest BCUT2D eigenvalue weighted by Crippen LogP contribution is -2.67. The molecule has 130 valence electrons. The summed E-state index contributed by atoms with van der Waals surface area (Å²) in [7, 11) is 0. The first kappa shape index (κ1) is 18.3. The molecule has 0 heterocycles. The van der Waals surface area contributed by atoms with E-state index in [9.17, 15) is 0 Å². The Balaban J connectivity index is 2.51. The van der Waals surface area contributed by atoms with E-state index in [0.29, 0.717) is 21.7 Å². The van der Waals surface area contributed by atoms with Crippen LogP contribution in [0.4, 0.5) is 0 Å². The quantitative estimate of drug-likeness (QED) is 0.440. The minimum atomic E-state index is 0.543. The average Bonchev–Trinajstić information content (AvgIpc) is 3.01. The third kappa shape index (κ3) is 1.76. The number of hydrogen-bond donors (Lipinski definition) is 0. The monoisotopic (exact) mass is 306 g/mol. The van der Waals surface area contributed by atoms with Crippen LogP contribution in [0.15, 0.2) is 0 Å². The molecule has 0 bridgehead atoms. The first-order valence-electron chi connectivity index (χ1n) is 10.1. The zero-order chi connectivity index (χ0) is 17.0. The fraction of sp³-hybridized carbons (Fsp3) is 1.00. The third-order valence-electron chi connectivity index (χ3n) is 8.46. The van der Waals surface area contributed by atoms with Crippen molar-refractivity contribution >= 4 is 0 Å². The molecule has 2 rings (SSSR count). The molecule has 5 unspecified atom stereocenters. The van der Waals surface area contributed by atoms with Crippen molar-refractivity contribution in [2.45, 2.75) is 101 Å². The molecule has 22 heavy (non-hydrogen) atoms. The zero-order valence-electron chi connectivity index (χ0n) is 17.0. The first-order valence-corrected chi connectivity index (χ1v) is 10.1. The van der Waals surface area contributed by atoms with Gasteiger partial charge < -0.3 is 0 Å². The maximum atomic E-state index is 2.70. The van der Waals surface area contributed by atoms with Gasteiger partial charge in [-0.05, 0) is 58.7 Å². The Labute approximate surface area is 140 Å². The van der Waals surface area contributed by atoms with E-state index in [1.54, 1.807) is 0 Å². The van der Waals surface area contributed by atoms with Crippen molar-refractivity contribution < 1.29 is 0 Å². The molecule has 0 amide bonds. The molecule has 2 fully saturated rings. The molecule has 5 atom stereocenters. The van der Waals surface area contributed by atoms with Crippen LogP contribution in [-0.4, -0.2) is 0 Å². The number of rotatable bonds is 8. The van der Waals surface area contributed by atoms with Gasteiger partial charge in [-0.25, -0.2) is 0 Å². The van der Waals surface area contributed by atoms with Crippen LogP contribution in [0.2, 0.25) is 0 Å². The van der Waals surface area contributed by atoms with E-state index >= 15 is 0 Å². The summed E-state index contributed by atoms with van der Waals surface area (Å²) in [6.45, 7) is 22.6. The summed E-state index contributed by atoms with van der Waals surface area (Å²) in [5.41, 5.74) is 2.37. The highest BCUT2D eigenvalue weighted by molar-refractivity contribution is 5.40. The summed E-state index contributed by atoms with van der Waals surface area (Å²) >= 11 is 0. The maximum absolute atomic E-state index is 2.70. The van der Waals surface area contributed by atoms with Gasteiger partial charge in [-0.1, -0.05) is 81.6 Å². The largest absolute Gasteiger partial charge is 0.0654 e. The number of fused-ring (bicyclic) bond motifs is 1. The Morgan fingerprint density at radius 2 is 1.50 bits per heavy atom. The van der Waals surface area contributed by atoms with Crippen molar-refractivity contribution in [3.8, 4) is 0 Å². The molecule has 0 radical (unpaired) electrons. The Hall–Kier alpha value is 0. The predicted molar refractivity (Wildman–Crippen MR) is 99.0 cm³/mol.